The van der Waals surface area contributed by atoms with Crippen LogP contribution < -0.4 is 67.5 Å². The monoisotopic (exact) mass is 1760 g/mol. The van der Waals surface area contributed by atoms with Crippen LogP contribution in [0.25, 0.3) is 10.9 Å². The number of amides is 8. The lowest BCUT2D eigenvalue weighted by Crippen LogP contribution is -2.57. The predicted octanol–water partition coefficient (Wildman–Crippen LogP) is -0.783. The molecule has 3 aromatic carbocycles. The first-order valence-electron chi connectivity index (χ1n) is 38.3. The topological polar surface area (TPSA) is 644 Å². The second kappa shape index (κ2) is 47.5. The van der Waals surface area contributed by atoms with Gasteiger partial charge in [0.1, 0.15) is 41.2 Å². The number of pyridine rings is 1. The number of nitrogens with zero attached hydrogens (tertiary/aromatic N) is 6. The number of anilines is 1. The molecular formula is C74H109N17O27S3. The molecule has 0 saturated carbocycles. The van der Waals surface area contributed by atoms with E-state index in [-0.39, 0.29) is 144 Å². The molecule has 5 aromatic rings. The van der Waals surface area contributed by atoms with Gasteiger partial charge in [0, 0.05) is 142 Å². The van der Waals surface area contributed by atoms with Gasteiger partial charge in [0.15, 0.2) is 5.95 Å². The number of hydrogen-bond donors (Lipinski definition) is 21. The fourth-order valence-corrected chi connectivity index (χ4v) is 15.7. The molecule has 2 aromatic heterocycles. The van der Waals surface area contributed by atoms with E-state index in [9.17, 15) is 118 Å². The molecule has 1 aliphatic rings. The van der Waals surface area contributed by atoms with Crippen LogP contribution in [0, 0.1) is 34.6 Å². The van der Waals surface area contributed by atoms with Crippen LogP contribution in [-0.4, -0.2) is 322 Å². The van der Waals surface area contributed by atoms with Crippen molar-refractivity contribution in [1.29, 1.82) is 0 Å². The minimum Gasteiger partial charge on any atom is -0.494 e. The maximum absolute atomic E-state index is 14.4. The average molecular weight is 1760 g/mol. The number of carboxylic acid groups (broad SMARTS) is 4. The first-order valence-corrected chi connectivity index (χ1v) is 43.1. The molecule has 1 saturated heterocycles. The Kier molecular flexibility index (Phi) is 38.9. The molecule has 2 unspecified atom stereocenters. The number of carbonyl (C=O) groups is 12. The molecule has 0 spiro atoms. The van der Waals surface area contributed by atoms with Crippen LogP contribution in [0.1, 0.15) is 82.3 Å². The van der Waals surface area contributed by atoms with Crippen LogP contribution in [0.3, 0.4) is 0 Å². The van der Waals surface area contributed by atoms with Gasteiger partial charge in [-0.2, -0.15) is 4.72 Å². The Hall–Kier alpha value is -10.7. The van der Waals surface area contributed by atoms with Crippen molar-refractivity contribution in [1.82, 2.24) is 81.4 Å². The highest BCUT2D eigenvalue weighted by molar-refractivity contribution is 8.19. The number of aryl methyl sites for hydroxylation is 5. The molecule has 21 N–H and O–H groups in total. The largest absolute Gasteiger partial charge is 0.494 e. The molecule has 47 heteroatoms. The van der Waals surface area contributed by atoms with Crippen LogP contribution >= 0.6 is 21.7 Å². The molecule has 4 atom stereocenters. The van der Waals surface area contributed by atoms with Crippen molar-refractivity contribution in [2.45, 2.75) is 109 Å². The van der Waals surface area contributed by atoms with Gasteiger partial charge in [0.05, 0.1) is 83.1 Å². The third-order valence-electron chi connectivity index (χ3n) is 19.0. The summed E-state index contributed by atoms with van der Waals surface area (Å²) in [4.78, 5) is 183. The van der Waals surface area contributed by atoms with Crippen molar-refractivity contribution >= 4 is 120 Å². The van der Waals surface area contributed by atoms with Crippen molar-refractivity contribution in [2.24, 2.45) is 7.05 Å². The number of ether oxygens (including phenoxy) is 2. The lowest BCUT2D eigenvalue weighted by atomic mass is 10.0. The third-order valence-corrected chi connectivity index (χ3v) is 22.3. The molecule has 0 aliphatic carbocycles. The van der Waals surface area contributed by atoms with Crippen molar-refractivity contribution in [3.63, 3.8) is 0 Å². The highest BCUT2D eigenvalue weighted by Gasteiger charge is 2.35. The summed E-state index contributed by atoms with van der Waals surface area (Å²) >= 11 is 0. The zero-order chi connectivity index (χ0) is 89.5. The number of aliphatic carboxylic acids is 4. The summed E-state index contributed by atoms with van der Waals surface area (Å²) in [6.45, 7) is 5.12. The third kappa shape index (κ3) is 35.1. The van der Waals surface area contributed by atoms with Crippen molar-refractivity contribution < 1.29 is 123 Å². The molecule has 1 aliphatic heterocycles. The summed E-state index contributed by atoms with van der Waals surface area (Å²) in [5.74, 6) is -14.0. The lowest BCUT2D eigenvalue weighted by molar-refractivity contribution is -0.140. The summed E-state index contributed by atoms with van der Waals surface area (Å²) in [6, 6.07) is 3.74. The highest BCUT2D eigenvalue weighted by Crippen LogP contribution is 2.34. The van der Waals surface area contributed by atoms with Gasteiger partial charge < -0.3 is 115 Å². The molecular weight excluding hydrogens is 1660 g/mol. The number of carbonyl (C=O) groups excluding carboxylic acids is 8. The van der Waals surface area contributed by atoms with E-state index in [1.807, 2.05) is 32.9 Å². The van der Waals surface area contributed by atoms with E-state index in [1.54, 1.807) is 42.2 Å². The Morgan fingerprint density at radius 2 is 0.983 bits per heavy atom. The van der Waals surface area contributed by atoms with Crippen molar-refractivity contribution in [3.8, 4) is 11.5 Å². The van der Waals surface area contributed by atoms with E-state index in [1.165, 1.54) is 51.8 Å². The predicted molar refractivity (Wildman–Crippen MR) is 442 cm³/mol. The first kappa shape index (κ1) is 99.1. The zero-order valence-corrected chi connectivity index (χ0v) is 70.2. The van der Waals surface area contributed by atoms with Gasteiger partial charge in [0.25, 0.3) is 5.91 Å². The molecule has 1 fully saturated rings. The standard InChI is InChI=1S/C74H109N17O27S3/c1-45-31-51(32-46(2)49(45)5)117-29-7-9-60(92)76-16-18-78-71(105)58(44-120(112,113)114)85-72(106)55(83-63(95)39-88-21-23-89(40-64(96)97)25-27-91(42-66(100)101)28-26-90(24-22-88)41-65(98)99)13-14-62(94)84-57(43-119(109,110)111)70(104)77-17-15-75-61(93)10-8-30-118-52-33-47(3)68(48(4)34-52)121(115,116)86-56(73(107)108)37-81-69(103)54-38-87(6)59-35-50(11-12-53(59)67(54)102)36-82-74-79-19-20-80-74/h11-12,19-20,31-35,38,55-58,86,109-114H,7-10,13-18,21-30,36-37,39-44H2,1-6H3,(H,75,93)(H,76,92)(H,77,104)(H,78,105)(H,81,103)(H,83,95)(H,84,94)(H,85,106)(H,96,97)(H,98,99)(H,100,101)(H,107,108)(H2,79,80,82)/t55-,56-,57?,58?/m0/s1. The molecule has 8 amide bonds. The number of aromatic nitrogens is 3. The molecule has 3 heterocycles. The fraction of sp³-hybridized carbons (Fsp3) is 0.514. The van der Waals surface area contributed by atoms with Crippen LogP contribution in [0.15, 0.2) is 70.7 Å². The quantitative estimate of drug-likeness (QED) is 0.0212. The number of rotatable bonds is 47. The number of benzene rings is 3. The number of carboxylic acids is 4. The van der Waals surface area contributed by atoms with Crippen molar-refractivity contribution in [2.75, 3.05) is 141 Å². The normalized spacial score (nSPS) is 14.8. The SMILES string of the molecule is Cc1cc(OCCCC(=O)NCCNC(=O)C(CS(O)(O)O)NC(=O)[C@H](CCC(=O)NC(CS(O)(O)O)C(=O)NCCNC(=O)CCCOc2cc(C)c(S(=O)(=O)N[C@@H](CNC(=O)c3cn(C)c4cc(CNc5ncc[nH]5)ccc4c3=O)C(=O)O)c(C)c2)NC(=O)CN2CCN(CC(=O)O)CCN(CC(=O)O)CCN(CC(=O)O)CC2)cc(C)c1C. The van der Waals surface area contributed by atoms with Crippen LogP contribution in [0.2, 0.25) is 0 Å². The molecule has 6 rings (SSSR count). The smallest absolute Gasteiger partial charge is 0.323 e. The molecule has 44 nitrogen and oxygen atoms in total. The number of imidazole rings is 1. The number of nitrogens with one attached hydrogen (secondary N) is 11. The number of hydrogen-bond acceptors (Lipinski definition) is 29. The summed E-state index contributed by atoms with van der Waals surface area (Å²) in [5.41, 5.74) is 3.75. The van der Waals surface area contributed by atoms with Gasteiger partial charge in [-0.05, 0) is 124 Å². The van der Waals surface area contributed by atoms with Gasteiger partial charge in [-0.25, -0.2) is 13.4 Å². The Bertz CT molecular complexity index is 4560. The van der Waals surface area contributed by atoms with Crippen LogP contribution in [0.4, 0.5) is 5.95 Å². The second-order valence-electron chi connectivity index (χ2n) is 28.8. The number of sulfonamides is 1. The van der Waals surface area contributed by atoms with Gasteiger partial charge in [-0.1, -0.05) is 6.07 Å². The second-order valence-corrected chi connectivity index (χ2v) is 33.7. The number of fused-ring (bicyclic) bond motifs is 1. The number of aromatic amines is 1. The average Bonchev–Trinajstić information content (AvgIpc) is 0.898. The lowest BCUT2D eigenvalue weighted by Gasteiger charge is -2.33. The Balaban J connectivity index is 1.04. The van der Waals surface area contributed by atoms with Crippen LogP contribution in [0.5, 0.6) is 11.5 Å². The zero-order valence-electron chi connectivity index (χ0n) is 67.7. The fourth-order valence-electron chi connectivity index (χ4n) is 12.7. The maximum Gasteiger partial charge on any atom is 0.323 e. The highest BCUT2D eigenvalue weighted by atomic mass is 32.3. The van der Waals surface area contributed by atoms with Gasteiger partial charge in [-0.3, -0.25) is 81.9 Å². The first-order chi connectivity index (χ1) is 56.9. The van der Waals surface area contributed by atoms with E-state index in [2.05, 4.69) is 62.5 Å². The maximum atomic E-state index is 14.4. The van der Waals surface area contributed by atoms with E-state index < -0.39 is 190 Å². The molecule has 0 bridgehead atoms. The van der Waals surface area contributed by atoms with E-state index in [4.69, 9.17) is 9.47 Å². The summed E-state index contributed by atoms with van der Waals surface area (Å²) in [6.07, 6.45) is 3.21. The van der Waals surface area contributed by atoms with Gasteiger partial charge >= 0.3 is 23.9 Å². The van der Waals surface area contributed by atoms with E-state index in [0.29, 0.717) is 30.2 Å². The van der Waals surface area contributed by atoms with Gasteiger partial charge in [0.2, 0.25) is 56.8 Å². The summed E-state index contributed by atoms with van der Waals surface area (Å²) in [5, 5.41) is 61.6. The summed E-state index contributed by atoms with van der Waals surface area (Å²) in [7, 11) is -12.2. The Labute approximate surface area is 699 Å². The van der Waals surface area contributed by atoms with Gasteiger partial charge in [-0.15, -0.1) is 0 Å². The minimum absolute atomic E-state index is 0.0193. The number of H-pyrrole nitrogens is 1. The minimum atomic E-state index is -4.62. The Morgan fingerprint density at radius 3 is 1.44 bits per heavy atom. The van der Waals surface area contributed by atoms with Crippen molar-refractivity contribution in [3.05, 3.63) is 110 Å². The molecule has 0 radical (unpaired) electrons. The summed E-state index contributed by atoms with van der Waals surface area (Å²) < 4.78 is 104. The van der Waals surface area contributed by atoms with E-state index >= 15 is 0 Å². The molecule has 121 heavy (non-hydrogen) atoms. The van der Waals surface area contributed by atoms with E-state index in [0.717, 1.165) is 22.3 Å². The molecule has 670 valence electrons. The van der Waals surface area contributed by atoms with Crippen LogP contribution in [-0.2, 0) is 76.4 Å². The Morgan fingerprint density at radius 1 is 0.529 bits per heavy atom.